The highest BCUT2D eigenvalue weighted by Crippen LogP contribution is 2.20. The molecule has 102 valence electrons. The zero-order valence-corrected chi connectivity index (χ0v) is 12.2. The molecule has 1 aliphatic carbocycles. The lowest BCUT2D eigenvalue weighted by Gasteiger charge is -2.07. The third kappa shape index (κ3) is 3.10. The molecule has 0 spiro atoms. The average molecular weight is 278 g/mol. The van der Waals surface area contributed by atoms with Crippen LogP contribution >= 0.6 is 12.6 Å². The fraction of sp³-hybridized carbons (Fsp3) is 0.429. The van der Waals surface area contributed by atoms with Gasteiger partial charge >= 0.3 is 0 Å². The zero-order valence-electron chi connectivity index (χ0n) is 11.3. The molecule has 19 heavy (non-hydrogen) atoms. The first-order valence-corrected chi connectivity index (χ1v) is 6.97. The number of pyridine rings is 1. The topological polar surface area (TPSA) is 59.0 Å². The van der Waals surface area contributed by atoms with Gasteiger partial charge < -0.3 is 11.1 Å². The van der Waals surface area contributed by atoms with E-state index in [0.29, 0.717) is 18.8 Å². The van der Waals surface area contributed by atoms with Crippen LogP contribution in [0.5, 0.6) is 0 Å². The van der Waals surface area contributed by atoms with Gasteiger partial charge in [0.15, 0.2) is 6.20 Å². The van der Waals surface area contributed by atoms with Gasteiger partial charge in [-0.05, 0) is 6.08 Å². The molecule has 0 aromatic carbocycles. The Hall–Kier alpha value is -1.49. The Balaban J connectivity index is 2.34. The molecular weight excluding hydrogens is 258 g/mol. The highest BCUT2D eigenvalue weighted by atomic mass is 32.1. The lowest BCUT2D eigenvalue weighted by atomic mass is 9.96. The average Bonchev–Trinajstić information content (AvgIpc) is 2.67. The van der Waals surface area contributed by atoms with Crippen LogP contribution in [0.2, 0.25) is 0 Å². The van der Waals surface area contributed by atoms with Crippen LogP contribution in [0.3, 0.4) is 0 Å². The standard InChI is InChI=1S/C14H19N3OS/c1-14(2)7-10-11(15)3-5-17(12(10)8-14)9-13(18)16-4-6-19/h3,5,7-8,15H,4,6,9H2,1-2H3,(H2,16,18,19)/p+1. The molecule has 0 radical (unpaired) electrons. The third-order valence-electron chi connectivity index (χ3n) is 3.10. The van der Waals surface area contributed by atoms with Gasteiger partial charge in [0.05, 0.1) is 10.9 Å². The molecule has 1 aromatic heterocycles. The molecule has 1 heterocycles. The third-order valence-corrected chi connectivity index (χ3v) is 3.33. The number of nitrogens with zero attached hydrogens (tertiary/aromatic N) is 1. The maximum atomic E-state index is 11.8. The summed E-state index contributed by atoms with van der Waals surface area (Å²) in [5, 5.41) is 4.86. The number of fused-ring (bicyclic) bond motifs is 1. The minimum Gasteiger partial charge on any atom is -0.398 e. The Kier molecular flexibility index (Phi) is 3.85. The number of aromatic nitrogens is 1. The molecule has 1 aliphatic rings. The van der Waals surface area contributed by atoms with E-state index in [1.807, 2.05) is 16.8 Å². The molecule has 3 N–H and O–H groups in total. The Bertz CT molecular complexity index is 622. The summed E-state index contributed by atoms with van der Waals surface area (Å²) in [5.74, 6) is 0.632. The second-order valence-corrected chi connectivity index (χ2v) is 5.83. The van der Waals surface area contributed by atoms with Crippen molar-refractivity contribution < 1.29 is 9.36 Å². The Morgan fingerprint density at radius 2 is 2.21 bits per heavy atom. The van der Waals surface area contributed by atoms with Gasteiger partial charge in [0.1, 0.15) is 0 Å². The molecule has 1 aromatic rings. The number of nitrogens with one attached hydrogen (secondary N) is 1. The van der Waals surface area contributed by atoms with Gasteiger partial charge in [-0.25, -0.2) is 0 Å². The van der Waals surface area contributed by atoms with Crippen molar-refractivity contribution in [3.63, 3.8) is 0 Å². The quantitative estimate of drug-likeness (QED) is 0.499. The first-order chi connectivity index (χ1) is 8.93. The molecule has 0 fully saturated rings. The first-order valence-electron chi connectivity index (χ1n) is 6.34. The van der Waals surface area contributed by atoms with Crippen LogP contribution in [0, 0.1) is 5.41 Å². The molecule has 0 atom stereocenters. The summed E-state index contributed by atoms with van der Waals surface area (Å²) in [4.78, 5) is 11.8. The summed E-state index contributed by atoms with van der Waals surface area (Å²) in [6, 6.07) is 1.84. The predicted molar refractivity (Wildman–Crippen MR) is 79.9 cm³/mol. The highest BCUT2D eigenvalue weighted by Gasteiger charge is 2.23. The van der Waals surface area contributed by atoms with Crippen LogP contribution in [0.4, 0.5) is 5.69 Å². The maximum absolute atomic E-state index is 11.8. The molecule has 2 rings (SSSR count). The molecule has 0 aliphatic heterocycles. The van der Waals surface area contributed by atoms with Crippen molar-refractivity contribution in [2.24, 2.45) is 5.41 Å². The maximum Gasteiger partial charge on any atom is 0.286 e. The van der Waals surface area contributed by atoms with Crippen molar-refractivity contribution in [1.82, 2.24) is 5.32 Å². The van der Waals surface area contributed by atoms with E-state index < -0.39 is 0 Å². The molecule has 0 saturated carbocycles. The van der Waals surface area contributed by atoms with E-state index in [-0.39, 0.29) is 11.3 Å². The number of anilines is 1. The molecule has 0 unspecified atom stereocenters. The fourth-order valence-electron chi connectivity index (χ4n) is 2.27. The van der Waals surface area contributed by atoms with Crippen molar-refractivity contribution in [3.05, 3.63) is 22.8 Å². The van der Waals surface area contributed by atoms with Gasteiger partial charge in [0.25, 0.3) is 5.91 Å². The van der Waals surface area contributed by atoms with E-state index >= 15 is 0 Å². The van der Waals surface area contributed by atoms with Crippen LogP contribution in [0.15, 0.2) is 12.3 Å². The van der Waals surface area contributed by atoms with Crippen LogP contribution in [-0.4, -0.2) is 18.2 Å². The van der Waals surface area contributed by atoms with Crippen LogP contribution in [0.1, 0.15) is 13.8 Å². The van der Waals surface area contributed by atoms with E-state index in [1.165, 1.54) is 0 Å². The number of nitrogens with two attached hydrogens (primary N) is 1. The lowest BCUT2D eigenvalue weighted by Crippen LogP contribution is -2.59. The van der Waals surface area contributed by atoms with Crippen molar-refractivity contribution >= 4 is 36.4 Å². The second-order valence-electron chi connectivity index (χ2n) is 5.38. The van der Waals surface area contributed by atoms with Crippen LogP contribution < -0.4 is 26.2 Å². The molecular formula is C14H20N3OS+. The highest BCUT2D eigenvalue weighted by molar-refractivity contribution is 7.80. The van der Waals surface area contributed by atoms with Gasteiger partial charge in [-0.2, -0.15) is 17.2 Å². The number of rotatable bonds is 4. The second kappa shape index (κ2) is 5.25. The summed E-state index contributed by atoms with van der Waals surface area (Å²) in [5.41, 5.74) is 6.72. The molecule has 5 heteroatoms. The molecule has 4 nitrogen and oxygen atoms in total. The largest absolute Gasteiger partial charge is 0.398 e. The van der Waals surface area contributed by atoms with E-state index in [0.717, 1.165) is 16.3 Å². The monoisotopic (exact) mass is 278 g/mol. The smallest absolute Gasteiger partial charge is 0.286 e. The number of hydrogen-bond acceptors (Lipinski definition) is 3. The van der Waals surface area contributed by atoms with Gasteiger partial charge in [-0.1, -0.05) is 19.9 Å². The first kappa shape index (κ1) is 13.9. The SMILES string of the molecule is CC1(C)C=c2c(N)cc[n+](CC(=O)NCCS)c2=C1. The Morgan fingerprint density at radius 1 is 1.47 bits per heavy atom. The molecule has 1 amide bonds. The number of thiol groups is 1. The number of amides is 1. The van der Waals surface area contributed by atoms with E-state index in [4.69, 9.17) is 5.73 Å². The number of hydrogen-bond donors (Lipinski definition) is 3. The summed E-state index contributed by atoms with van der Waals surface area (Å²) in [7, 11) is 0. The Labute approximate surface area is 118 Å². The van der Waals surface area contributed by atoms with Crippen molar-refractivity contribution in [2.45, 2.75) is 20.4 Å². The van der Waals surface area contributed by atoms with Crippen molar-refractivity contribution in [2.75, 3.05) is 18.0 Å². The zero-order chi connectivity index (χ0) is 14.0. The normalized spacial score (nSPS) is 15.3. The lowest BCUT2D eigenvalue weighted by molar-refractivity contribution is -0.697. The summed E-state index contributed by atoms with van der Waals surface area (Å²) >= 11 is 4.07. The van der Waals surface area contributed by atoms with Crippen LogP contribution in [-0.2, 0) is 11.3 Å². The number of carbonyl (C=O) groups excluding carboxylic acids is 1. The summed E-state index contributed by atoms with van der Waals surface area (Å²) in [6.07, 6.45) is 6.14. The summed E-state index contributed by atoms with van der Waals surface area (Å²) in [6.45, 7) is 5.13. The minimum absolute atomic E-state index is 0.0101. The van der Waals surface area contributed by atoms with E-state index in [1.54, 1.807) is 0 Å². The van der Waals surface area contributed by atoms with E-state index in [2.05, 4.69) is 43.9 Å². The minimum atomic E-state index is -0.0267. The summed E-state index contributed by atoms with van der Waals surface area (Å²) < 4.78 is 1.94. The van der Waals surface area contributed by atoms with Gasteiger partial charge in [-0.15, -0.1) is 0 Å². The number of nitrogen functional groups attached to an aromatic ring is 1. The molecule has 0 saturated heterocycles. The molecule has 0 bridgehead atoms. The van der Waals surface area contributed by atoms with Gasteiger partial charge in [0.2, 0.25) is 11.9 Å². The van der Waals surface area contributed by atoms with Crippen LogP contribution in [0.25, 0.3) is 12.2 Å². The Morgan fingerprint density at radius 3 is 2.89 bits per heavy atom. The number of carbonyl (C=O) groups is 1. The van der Waals surface area contributed by atoms with E-state index in [9.17, 15) is 4.79 Å². The van der Waals surface area contributed by atoms with Crippen molar-refractivity contribution in [1.29, 1.82) is 0 Å². The van der Waals surface area contributed by atoms with Gasteiger partial charge in [0, 0.05) is 23.8 Å². The van der Waals surface area contributed by atoms with Gasteiger partial charge in [-0.3, -0.25) is 4.79 Å². The van der Waals surface area contributed by atoms with Crippen molar-refractivity contribution in [3.8, 4) is 0 Å². The predicted octanol–water partition coefficient (Wildman–Crippen LogP) is -0.797. The fourth-order valence-corrected chi connectivity index (χ4v) is 2.38.